The highest BCUT2D eigenvalue weighted by molar-refractivity contribution is 9.10. The molecule has 0 bridgehead atoms. The summed E-state index contributed by atoms with van der Waals surface area (Å²) in [6.07, 6.45) is 0.776. The van der Waals surface area contributed by atoms with Gasteiger partial charge in [-0.15, -0.1) is 0 Å². The average Bonchev–Trinajstić information content (AvgIpc) is 2.70. The van der Waals surface area contributed by atoms with Crippen LogP contribution in [0.1, 0.15) is 25.8 Å². The Bertz CT molecular complexity index is 536. The molecule has 19 heavy (non-hydrogen) atoms. The van der Waals surface area contributed by atoms with Gasteiger partial charge in [-0.2, -0.15) is 5.26 Å². The van der Waals surface area contributed by atoms with Crippen molar-refractivity contribution in [2.75, 3.05) is 11.4 Å². The SMILES string of the molecule is CC(C)NC1CCN(c2ccc(Br)cc2C#N)C1=O. The average molecular weight is 322 g/mol. The van der Waals surface area contributed by atoms with Crippen LogP contribution in [0.15, 0.2) is 22.7 Å². The Labute approximate surface area is 121 Å². The highest BCUT2D eigenvalue weighted by atomic mass is 79.9. The van der Waals surface area contributed by atoms with Crippen molar-refractivity contribution in [2.45, 2.75) is 32.4 Å². The van der Waals surface area contributed by atoms with E-state index in [2.05, 4.69) is 27.3 Å². The summed E-state index contributed by atoms with van der Waals surface area (Å²) in [6.45, 7) is 4.70. The van der Waals surface area contributed by atoms with E-state index in [-0.39, 0.29) is 18.0 Å². The zero-order valence-corrected chi connectivity index (χ0v) is 12.6. The van der Waals surface area contributed by atoms with Gasteiger partial charge in [0.05, 0.1) is 17.3 Å². The first-order valence-corrected chi connectivity index (χ1v) is 7.09. The van der Waals surface area contributed by atoms with Gasteiger partial charge in [-0.3, -0.25) is 4.79 Å². The van der Waals surface area contributed by atoms with E-state index in [0.29, 0.717) is 17.8 Å². The van der Waals surface area contributed by atoms with Gasteiger partial charge in [0, 0.05) is 17.1 Å². The number of hydrogen-bond donors (Lipinski definition) is 1. The van der Waals surface area contributed by atoms with E-state index in [4.69, 9.17) is 0 Å². The van der Waals surface area contributed by atoms with Gasteiger partial charge in [-0.25, -0.2) is 0 Å². The highest BCUT2D eigenvalue weighted by Crippen LogP contribution is 2.27. The molecule has 100 valence electrons. The number of carbonyl (C=O) groups is 1. The topological polar surface area (TPSA) is 56.1 Å². The molecule has 1 aromatic rings. The third kappa shape index (κ3) is 2.96. The molecular weight excluding hydrogens is 306 g/mol. The second-order valence-electron chi connectivity index (χ2n) is 4.93. The Morgan fingerprint density at radius 1 is 1.53 bits per heavy atom. The number of nitrogens with one attached hydrogen (secondary N) is 1. The number of anilines is 1. The summed E-state index contributed by atoms with van der Waals surface area (Å²) >= 11 is 3.34. The van der Waals surface area contributed by atoms with Gasteiger partial charge >= 0.3 is 0 Å². The molecular formula is C14H16BrN3O. The maximum atomic E-state index is 12.3. The molecule has 1 aromatic carbocycles. The molecule has 0 aromatic heterocycles. The molecule has 4 nitrogen and oxygen atoms in total. The number of halogens is 1. The fraction of sp³-hybridized carbons (Fsp3) is 0.429. The number of nitrogens with zero attached hydrogens (tertiary/aromatic N) is 2. The van der Waals surface area contributed by atoms with E-state index < -0.39 is 0 Å². The van der Waals surface area contributed by atoms with E-state index in [1.807, 2.05) is 26.0 Å². The summed E-state index contributed by atoms with van der Waals surface area (Å²) in [5.41, 5.74) is 1.22. The first-order chi connectivity index (χ1) is 9.02. The second-order valence-corrected chi connectivity index (χ2v) is 5.84. The Morgan fingerprint density at radius 3 is 2.89 bits per heavy atom. The number of nitriles is 1. The van der Waals surface area contributed by atoms with Crippen LogP contribution in [0.3, 0.4) is 0 Å². The lowest BCUT2D eigenvalue weighted by Gasteiger charge is -2.19. The third-order valence-electron chi connectivity index (χ3n) is 3.11. The quantitative estimate of drug-likeness (QED) is 0.930. The summed E-state index contributed by atoms with van der Waals surface area (Å²) in [7, 11) is 0. The van der Waals surface area contributed by atoms with Crippen molar-refractivity contribution >= 4 is 27.5 Å². The van der Waals surface area contributed by atoms with Crippen molar-refractivity contribution in [2.24, 2.45) is 0 Å². The van der Waals surface area contributed by atoms with Crippen molar-refractivity contribution in [1.29, 1.82) is 5.26 Å². The maximum absolute atomic E-state index is 12.3. The molecule has 1 N–H and O–H groups in total. The smallest absolute Gasteiger partial charge is 0.244 e. The molecule has 0 aliphatic carbocycles. The zero-order valence-electron chi connectivity index (χ0n) is 11.0. The van der Waals surface area contributed by atoms with Gasteiger partial charge in [-0.05, 0) is 24.6 Å². The Kier molecular flexibility index (Phi) is 4.23. The number of carbonyl (C=O) groups excluding carboxylic acids is 1. The summed E-state index contributed by atoms with van der Waals surface area (Å²) in [6, 6.07) is 7.69. The first-order valence-electron chi connectivity index (χ1n) is 6.30. The maximum Gasteiger partial charge on any atom is 0.244 e. The van der Waals surface area contributed by atoms with Crippen LogP contribution in [0.25, 0.3) is 0 Å². The molecule has 0 spiro atoms. The van der Waals surface area contributed by atoms with Gasteiger partial charge in [0.15, 0.2) is 0 Å². The largest absolute Gasteiger partial charge is 0.310 e. The molecule has 5 heteroatoms. The Morgan fingerprint density at radius 2 is 2.26 bits per heavy atom. The van der Waals surface area contributed by atoms with Crippen LogP contribution in [0.2, 0.25) is 0 Å². The molecule has 0 saturated carbocycles. The zero-order chi connectivity index (χ0) is 14.0. The third-order valence-corrected chi connectivity index (χ3v) is 3.60. The molecule has 1 heterocycles. The van der Waals surface area contributed by atoms with Crippen LogP contribution in [0, 0.1) is 11.3 Å². The minimum absolute atomic E-state index is 0.0486. The van der Waals surface area contributed by atoms with Crippen LogP contribution in [0.4, 0.5) is 5.69 Å². The van der Waals surface area contributed by atoms with E-state index in [1.54, 1.807) is 11.0 Å². The van der Waals surface area contributed by atoms with Gasteiger partial charge < -0.3 is 10.2 Å². The molecule has 1 atom stereocenters. The molecule has 1 fully saturated rings. The summed E-state index contributed by atoms with van der Waals surface area (Å²) in [5.74, 6) is 0.0486. The number of hydrogen-bond acceptors (Lipinski definition) is 3. The lowest BCUT2D eigenvalue weighted by Crippen LogP contribution is -2.41. The summed E-state index contributed by atoms with van der Waals surface area (Å²) in [4.78, 5) is 14.0. The number of amides is 1. The minimum atomic E-state index is -0.143. The Hall–Kier alpha value is -1.38. The second kappa shape index (κ2) is 5.72. The van der Waals surface area contributed by atoms with E-state index >= 15 is 0 Å². The van der Waals surface area contributed by atoms with Crippen LogP contribution >= 0.6 is 15.9 Å². The van der Waals surface area contributed by atoms with Crippen molar-refractivity contribution < 1.29 is 4.79 Å². The van der Waals surface area contributed by atoms with Gasteiger partial charge in [0.25, 0.3) is 0 Å². The number of benzene rings is 1. The molecule has 0 radical (unpaired) electrons. The van der Waals surface area contributed by atoms with Crippen LogP contribution in [-0.4, -0.2) is 24.5 Å². The summed E-state index contributed by atoms with van der Waals surface area (Å²) in [5, 5.41) is 12.4. The monoisotopic (exact) mass is 321 g/mol. The van der Waals surface area contributed by atoms with Gasteiger partial charge in [0.1, 0.15) is 6.07 Å². The van der Waals surface area contributed by atoms with Gasteiger partial charge in [0.2, 0.25) is 5.91 Å². The van der Waals surface area contributed by atoms with E-state index in [1.165, 1.54) is 0 Å². The summed E-state index contributed by atoms with van der Waals surface area (Å²) < 4.78 is 0.844. The van der Waals surface area contributed by atoms with Crippen LogP contribution in [-0.2, 0) is 4.79 Å². The van der Waals surface area contributed by atoms with Crippen molar-refractivity contribution in [1.82, 2.24) is 5.32 Å². The van der Waals surface area contributed by atoms with E-state index in [9.17, 15) is 10.1 Å². The van der Waals surface area contributed by atoms with Gasteiger partial charge in [-0.1, -0.05) is 29.8 Å². The fourth-order valence-corrected chi connectivity index (χ4v) is 2.67. The lowest BCUT2D eigenvalue weighted by molar-refractivity contribution is -0.118. The van der Waals surface area contributed by atoms with Crippen molar-refractivity contribution in [3.05, 3.63) is 28.2 Å². The van der Waals surface area contributed by atoms with Crippen LogP contribution < -0.4 is 10.2 Å². The minimum Gasteiger partial charge on any atom is -0.310 e. The number of rotatable bonds is 3. The highest BCUT2D eigenvalue weighted by Gasteiger charge is 2.33. The molecule has 1 unspecified atom stereocenters. The fourth-order valence-electron chi connectivity index (χ4n) is 2.31. The molecule has 2 rings (SSSR count). The first kappa shape index (κ1) is 14.0. The van der Waals surface area contributed by atoms with Crippen molar-refractivity contribution in [3.8, 4) is 6.07 Å². The standard InChI is InChI=1S/C14H16BrN3O/c1-9(2)17-12-5-6-18(14(12)19)13-4-3-11(15)7-10(13)8-16/h3-4,7,9,12,17H,5-6H2,1-2H3. The van der Waals surface area contributed by atoms with Crippen molar-refractivity contribution in [3.63, 3.8) is 0 Å². The predicted molar refractivity (Wildman–Crippen MR) is 77.9 cm³/mol. The Balaban J connectivity index is 2.25. The molecule has 1 aliphatic rings. The van der Waals surface area contributed by atoms with Crippen LogP contribution in [0.5, 0.6) is 0 Å². The predicted octanol–water partition coefficient (Wildman–Crippen LogP) is 2.42. The molecule has 1 aliphatic heterocycles. The lowest BCUT2D eigenvalue weighted by atomic mass is 10.2. The molecule has 1 amide bonds. The van der Waals surface area contributed by atoms with E-state index in [0.717, 1.165) is 10.9 Å². The normalized spacial score (nSPS) is 19.0. The molecule has 1 saturated heterocycles.